The zero-order valence-electron chi connectivity index (χ0n) is 19.3. The van der Waals surface area contributed by atoms with E-state index in [4.69, 9.17) is 0 Å². The number of thioether (sulfide) groups is 1. The van der Waals surface area contributed by atoms with E-state index in [0.29, 0.717) is 24.4 Å². The third-order valence-corrected chi connectivity index (χ3v) is 7.18. The zero-order chi connectivity index (χ0) is 24.0. The molecular formula is C27H27N5O2S. The van der Waals surface area contributed by atoms with Gasteiger partial charge < -0.3 is 19.5 Å². The van der Waals surface area contributed by atoms with Crippen LogP contribution in [0.5, 0.6) is 0 Å². The number of piperazine rings is 1. The molecule has 1 N–H and O–H groups in total. The molecule has 1 aliphatic rings. The molecule has 35 heavy (non-hydrogen) atoms. The summed E-state index contributed by atoms with van der Waals surface area (Å²) in [4.78, 5) is 35.2. The van der Waals surface area contributed by atoms with Gasteiger partial charge in [-0.15, -0.1) is 11.8 Å². The molecule has 2 amide bonds. The minimum atomic E-state index is -0.237. The summed E-state index contributed by atoms with van der Waals surface area (Å²) in [7, 11) is 0. The molecule has 0 spiro atoms. The Morgan fingerprint density at radius 1 is 0.886 bits per heavy atom. The van der Waals surface area contributed by atoms with Gasteiger partial charge in [0.15, 0.2) is 0 Å². The largest absolute Gasteiger partial charge is 0.368 e. The van der Waals surface area contributed by atoms with E-state index in [1.165, 1.54) is 5.69 Å². The standard InChI is InChI=1S/C27H27N5O2S/c33-26(31-16-14-30(15-17-31)22-8-2-1-3-9-22)18-28-27(34)23-10-4-5-11-24(23)35-20-21-19-32-13-7-6-12-25(32)29-21/h1-13,19H,14-18,20H2,(H,28,34). The van der Waals surface area contributed by atoms with Crippen LogP contribution in [-0.2, 0) is 10.5 Å². The van der Waals surface area contributed by atoms with Gasteiger partial charge in [0, 0.05) is 54.9 Å². The molecule has 7 nitrogen and oxygen atoms in total. The first kappa shape index (κ1) is 23.0. The van der Waals surface area contributed by atoms with Crippen molar-refractivity contribution in [1.82, 2.24) is 19.6 Å². The van der Waals surface area contributed by atoms with Gasteiger partial charge in [-0.1, -0.05) is 36.4 Å². The number of imidazole rings is 1. The van der Waals surface area contributed by atoms with E-state index >= 15 is 0 Å². The molecule has 5 rings (SSSR count). The van der Waals surface area contributed by atoms with Crippen LogP contribution < -0.4 is 10.2 Å². The molecule has 2 aromatic heterocycles. The Labute approximate surface area is 208 Å². The van der Waals surface area contributed by atoms with E-state index in [-0.39, 0.29) is 18.4 Å². The van der Waals surface area contributed by atoms with Crippen molar-refractivity contribution in [3.05, 3.63) is 96.4 Å². The third kappa shape index (κ3) is 5.49. The molecule has 0 radical (unpaired) electrons. The number of rotatable bonds is 7. The van der Waals surface area contributed by atoms with E-state index in [1.54, 1.807) is 17.8 Å². The van der Waals surface area contributed by atoms with Gasteiger partial charge in [0.2, 0.25) is 5.91 Å². The lowest BCUT2D eigenvalue weighted by Crippen LogP contribution is -2.51. The molecule has 0 atom stereocenters. The molecule has 1 saturated heterocycles. The highest BCUT2D eigenvalue weighted by atomic mass is 32.2. The Morgan fingerprint density at radius 3 is 2.43 bits per heavy atom. The maximum Gasteiger partial charge on any atom is 0.252 e. The molecule has 0 unspecified atom stereocenters. The second-order valence-corrected chi connectivity index (χ2v) is 9.39. The zero-order valence-corrected chi connectivity index (χ0v) is 20.2. The van der Waals surface area contributed by atoms with E-state index in [0.717, 1.165) is 29.3 Å². The molecule has 1 aliphatic heterocycles. The minimum Gasteiger partial charge on any atom is -0.368 e. The molecule has 4 aromatic rings. The highest BCUT2D eigenvalue weighted by Gasteiger charge is 2.22. The number of pyridine rings is 1. The molecule has 0 saturated carbocycles. The first-order chi connectivity index (χ1) is 17.2. The van der Waals surface area contributed by atoms with Crippen molar-refractivity contribution in [3.8, 4) is 0 Å². The molecule has 1 fully saturated rings. The fourth-order valence-electron chi connectivity index (χ4n) is 4.20. The van der Waals surface area contributed by atoms with Crippen molar-refractivity contribution in [2.45, 2.75) is 10.6 Å². The van der Waals surface area contributed by atoms with E-state index in [1.807, 2.05) is 76.3 Å². The quantitative estimate of drug-likeness (QED) is 0.404. The van der Waals surface area contributed by atoms with Crippen LogP contribution in [0.15, 0.2) is 90.1 Å². The van der Waals surface area contributed by atoms with Crippen LogP contribution >= 0.6 is 11.8 Å². The van der Waals surface area contributed by atoms with Crippen molar-refractivity contribution in [3.63, 3.8) is 0 Å². The van der Waals surface area contributed by atoms with Crippen LogP contribution in [-0.4, -0.2) is 58.8 Å². The van der Waals surface area contributed by atoms with E-state index in [2.05, 4.69) is 27.3 Å². The fraction of sp³-hybridized carbons (Fsp3) is 0.222. The first-order valence-electron chi connectivity index (χ1n) is 11.7. The lowest BCUT2D eigenvalue weighted by atomic mass is 10.2. The Hall–Kier alpha value is -3.78. The minimum absolute atomic E-state index is 0.00436. The topological polar surface area (TPSA) is 70.0 Å². The Balaban J connectivity index is 1.14. The number of carbonyl (C=O) groups excluding carboxylic acids is 2. The molecule has 0 bridgehead atoms. The maximum absolute atomic E-state index is 12.9. The normalized spacial score (nSPS) is 13.7. The van der Waals surface area contributed by atoms with Gasteiger partial charge in [0.1, 0.15) is 5.65 Å². The third-order valence-electron chi connectivity index (χ3n) is 6.08. The van der Waals surface area contributed by atoms with Crippen LogP contribution in [0.4, 0.5) is 5.69 Å². The molecule has 2 aromatic carbocycles. The summed E-state index contributed by atoms with van der Waals surface area (Å²) >= 11 is 1.57. The smallest absolute Gasteiger partial charge is 0.252 e. The van der Waals surface area contributed by atoms with Gasteiger partial charge >= 0.3 is 0 Å². The summed E-state index contributed by atoms with van der Waals surface area (Å²) in [6.07, 6.45) is 3.97. The second kappa shape index (κ2) is 10.7. The van der Waals surface area contributed by atoms with Crippen molar-refractivity contribution < 1.29 is 9.59 Å². The number of nitrogens with zero attached hydrogens (tertiary/aromatic N) is 4. The number of amides is 2. The summed E-state index contributed by atoms with van der Waals surface area (Å²) in [5, 5.41) is 2.82. The predicted molar refractivity (Wildman–Crippen MR) is 139 cm³/mol. The first-order valence-corrected chi connectivity index (χ1v) is 12.7. The number of hydrogen-bond donors (Lipinski definition) is 1. The van der Waals surface area contributed by atoms with E-state index < -0.39 is 0 Å². The fourth-order valence-corrected chi connectivity index (χ4v) is 5.14. The van der Waals surface area contributed by atoms with Gasteiger partial charge in [0.25, 0.3) is 5.91 Å². The van der Waals surface area contributed by atoms with Gasteiger partial charge in [-0.05, 0) is 36.4 Å². The van der Waals surface area contributed by atoms with E-state index in [9.17, 15) is 9.59 Å². The highest BCUT2D eigenvalue weighted by molar-refractivity contribution is 7.98. The van der Waals surface area contributed by atoms with Gasteiger partial charge in [-0.3, -0.25) is 9.59 Å². The highest BCUT2D eigenvalue weighted by Crippen LogP contribution is 2.26. The van der Waals surface area contributed by atoms with Crippen molar-refractivity contribution in [2.75, 3.05) is 37.6 Å². The number of carbonyl (C=O) groups is 2. The number of aromatic nitrogens is 2. The SMILES string of the molecule is O=C(NCC(=O)N1CCN(c2ccccc2)CC1)c1ccccc1SCc1cn2ccccc2n1. The van der Waals surface area contributed by atoms with Crippen molar-refractivity contribution >= 4 is 34.9 Å². The number of para-hydroxylation sites is 1. The van der Waals surface area contributed by atoms with Crippen molar-refractivity contribution in [2.24, 2.45) is 0 Å². The summed E-state index contributed by atoms with van der Waals surface area (Å²) in [5.74, 6) is 0.358. The maximum atomic E-state index is 12.9. The Kier molecular flexibility index (Phi) is 6.99. The molecule has 8 heteroatoms. The van der Waals surface area contributed by atoms with Crippen LogP contribution in [0, 0.1) is 0 Å². The molecule has 0 aliphatic carbocycles. The van der Waals surface area contributed by atoms with Crippen LogP contribution in [0.1, 0.15) is 16.1 Å². The number of nitrogens with one attached hydrogen (secondary N) is 1. The average molecular weight is 486 g/mol. The lowest BCUT2D eigenvalue weighted by Gasteiger charge is -2.36. The van der Waals surface area contributed by atoms with Gasteiger partial charge in [0.05, 0.1) is 17.8 Å². The summed E-state index contributed by atoms with van der Waals surface area (Å²) in [5.41, 5.74) is 3.59. The number of benzene rings is 2. The number of fused-ring (bicyclic) bond motifs is 1. The summed E-state index contributed by atoms with van der Waals surface area (Å²) in [6, 6.07) is 23.6. The second-order valence-electron chi connectivity index (χ2n) is 8.37. The predicted octanol–water partition coefficient (Wildman–Crippen LogP) is 3.71. The van der Waals surface area contributed by atoms with Crippen LogP contribution in [0.3, 0.4) is 0 Å². The number of hydrogen-bond acceptors (Lipinski definition) is 5. The summed E-state index contributed by atoms with van der Waals surface area (Å²) in [6.45, 7) is 2.86. The van der Waals surface area contributed by atoms with Crippen LogP contribution in [0.25, 0.3) is 5.65 Å². The Morgan fingerprint density at radius 2 is 1.63 bits per heavy atom. The monoisotopic (exact) mass is 485 g/mol. The lowest BCUT2D eigenvalue weighted by molar-refractivity contribution is -0.130. The van der Waals surface area contributed by atoms with Gasteiger partial charge in [-0.2, -0.15) is 0 Å². The Bertz CT molecular complexity index is 1280. The van der Waals surface area contributed by atoms with Crippen LogP contribution in [0.2, 0.25) is 0 Å². The summed E-state index contributed by atoms with van der Waals surface area (Å²) < 4.78 is 1.99. The number of anilines is 1. The average Bonchev–Trinajstić information content (AvgIpc) is 3.34. The molecule has 178 valence electrons. The molecule has 3 heterocycles. The van der Waals surface area contributed by atoms with Gasteiger partial charge in [-0.25, -0.2) is 4.98 Å². The van der Waals surface area contributed by atoms with Crippen molar-refractivity contribution in [1.29, 1.82) is 0 Å². The molecular weight excluding hydrogens is 458 g/mol.